The summed E-state index contributed by atoms with van der Waals surface area (Å²) in [5, 5.41) is 2.47. The van der Waals surface area contributed by atoms with Crippen molar-refractivity contribution in [2.24, 2.45) is 0 Å². The minimum atomic E-state index is -0.338. The van der Waals surface area contributed by atoms with Crippen LogP contribution in [0.15, 0.2) is 94.3 Å². The number of ether oxygens (including phenoxy) is 3. The number of halogens is 1. The van der Waals surface area contributed by atoms with E-state index in [9.17, 15) is 14.4 Å². The standard InChI is InChI=1S/C36H31ClN2O7/c37-26-11-13-31-30(16-26)35(41)25(21-44-31)18-38(17-23-10-12-32-33(15-23)46-22-45-32)34(40)20-39(19-27-7-4-14-43-27)36(42)29-9-3-6-24-5-1-2-8-28(24)29/h1-3,5-6,8-13,15-16,21,27H,4,7,14,17-20,22H2/t27-/m0/s1. The third kappa shape index (κ3) is 6.16. The van der Waals surface area contributed by atoms with Crippen LogP contribution in [0.2, 0.25) is 5.02 Å². The number of amides is 2. The molecule has 7 rings (SSSR count). The largest absolute Gasteiger partial charge is 0.464 e. The van der Waals surface area contributed by atoms with E-state index in [1.807, 2.05) is 48.5 Å². The molecule has 46 heavy (non-hydrogen) atoms. The lowest BCUT2D eigenvalue weighted by Gasteiger charge is -2.29. The van der Waals surface area contributed by atoms with Gasteiger partial charge in [-0.2, -0.15) is 0 Å². The maximum absolute atomic E-state index is 14.3. The summed E-state index contributed by atoms with van der Waals surface area (Å²) in [6.45, 7) is 0.899. The molecule has 234 valence electrons. The molecule has 3 heterocycles. The van der Waals surface area contributed by atoms with E-state index in [1.54, 1.807) is 40.1 Å². The quantitative estimate of drug-likeness (QED) is 0.190. The van der Waals surface area contributed by atoms with E-state index >= 15 is 0 Å². The predicted octanol–water partition coefficient (Wildman–Crippen LogP) is 6.18. The average Bonchev–Trinajstić information content (AvgIpc) is 3.77. The zero-order chi connectivity index (χ0) is 31.6. The first-order valence-electron chi connectivity index (χ1n) is 15.2. The Morgan fingerprint density at radius 3 is 2.59 bits per heavy atom. The molecule has 2 aliphatic heterocycles. The molecule has 0 unspecified atom stereocenters. The lowest BCUT2D eigenvalue weighted by atomic mass is 10.0. The maximum atomic E-state index is 14.3. The minimum Gasteiger partial charge on any atom is -0.464 e. The molecule has 2 amide bonds. The van der Waals surface area contributed by atoms with E-state index in [0.29, 0.717) is 39.7 Å². The van der Waals surface area contributed by atoms with Gasteiger partial charge in [-0.3, -0.25) is 14.4 Å². The Labute approximate surface area is 269 Å². The molecule has 0 aliphatic carbocycles. The molecule has 0 bridgehead atoms. The van der Waals surface area contributed by atoms with Crippen LogP contribution in [-0.4, -0.2) is 54.2 Å². The van der Waals surface area contributed by atoms with E-state index in [1.165, 1.54) is 6.26 Å². The Morgan fingerprint density at radius 1 is 0.870 bits per heavy atom. The van der Waals surface area contributed by atoms with Gasteiger partial charge in [0.05, 0.1) is 29.9 Å². The Morgan fingerprint density at radius 2 is 1.72 bits per heavy atom. The fraction of sp³-hybridized carbons (Fsp3) is 0.250. The van der Waals surface area contributed by atoms with E-state index in [2.05, 4.69) is 0 Å². The molecule has 0 N–H and O–H groups in total. The van der Waals surface area contributed by atoms with Gasteiger partial charge in [0, 0.05) is 30.3 Å². The zero-order valence-electron chi connectivity index (χ0n) is 24.9. The van der Waals surface area contributed by atoms with E-state index < -0.39 is 0 Å². The van der Waals surface area contributed by atoms with Gasteiger partial charge in [-0.1, -0.05) is 54.1 Å². The van der Waals surface area contributed by atoms with Crippen LogP contribution in [0.1, 0.15) is 34.3 Å². The van der Waals surface area contributed by atoms with Gasteiger partial charge in [-0.15, -0.1) is 0 Å². The molecule has 0 spiro atoms. The molecule has 1 fully saturated rings. The van der Waals surface area contributed by atoms with Crippen molar-refractivity contribution in [2.45, 2.75) is 32.0 Å². The number of carbonyl (C=O) groups is 2. The van der Waals surface area contributed by atoms with Gasteiger partial charge in [-0.05, 0) is 65.6 Å². The normalized spacial score (nSPS) is 15.4. The fourth-order valence-corrected chi connectivity index (χ4v) is 6.22. The first-order valence-corrected chi connectivity index (χ1v) is 15.6. The maximum Gasteiger partial charge on any atom is 0.255 e. The highest BCUT2D eigenvalue weighted by Gasteiger charge is 2.29. The Hall–Kier alpha value is -4.86. The second-order valence-corrected chi connectivity index (χ2v) is 12.0. The minimum absolute atomic E-state index is 0.0473. The predicted molar refractivity (Wildman–Crippen MR) is 173 cm³/mol. The second kappa shape index (κ2) is 12.9. The summed E-state index contributed by atoms with van der Waals surface area (Å²) in [5.74, 6) is 0.603. The number of rotatable bonds is 9. The average molecular weight is 639 g/mol. The van der Waals surface area contributed by atoms with Gasteiger partial charge in [0.15, 0.2) is 16.9 Å². The summed E-state index contributed by atoms with van der Waals surface area (Å²) in [6, 6.07) is 23.6. The van der Waals surface area contributed by atoms with Gasteiger partial charge < -0.3 is 28.4 Å². The third-order valence-electron chi connectivity index (χ3n) is 8.41. The molecule has 1 atom stereocenters. The van der Waals surface area contributed by atoms with Gasteiger partial charge in [0.25, 0.3) is 5.91 Å². The molecule has 5 aromatic rings. The number of fused-ring (bicyclic) bond motifs is 3. The van der Waals surface area contributed by atoms with Crippen LogP contribution in [0.4, 0.5) is 0 Å². The summed E-state index contributed by atoms with van der Waals surface area (Å²) in [6.07, 6.45) is 2.90. The van der Waals surface area contributed by atoms with Crippen LogP contribution in [-0.2, 0) is 22.6 Å². The molecule has 1 saturated heterocycles. The highest BCUT2D eigenvalue weighted by atomic mass is 35.5. The van der Waals surface area contributed by atoms with Crippen LogP contribution in [0, 0.1) is 0 Å². The first kappa shape index (κ1) is 29.8. The van der Waals surface area contributed by atoms with Crippen LogP contribution >= 0.6 is 11.6 Å². The van der Waals surface area contributed by atoms with E-state index in [0.717, 1.165) is 29.2 Å². The zero-order valence-corrected chi connectivity index (χ0v) is 25.7. The summed E-state index contributed by atoms with van der Waals surface area (Å²) < 4.78 is 22.7. The van der Waals surface area contributed by atoms with Crippen molar-refractivity contribution in [3.63, 3.8) is 0 Å². The van der Waals surface area contributed by atoms with Gasteiger partial charge >= 0.3 is 0 Å². The summed E-state index contributed by atoms with van der Waals surface area (Å²) >= 11 is 6.18. The van der Waals surface area contributed by atoms with Crippen LogP contribution in [0.25, 0.3) is 21.7 Å². The summed E-state index contributed by atoms with van der Waals surface area (Å²) in [7, 11) is 0. The first-order chi connectivity index (χ1) is 22.4. The highest BCUT2D eigenvalue weighted by Crippen LogP contribution is 2.33. The number of carbonyl (C=O) groups excluding carboxylic acids is 2. The molecule has 0 radical (unpaired) electrons. The van der Waals surface area contributed by atoms with Crippen molar-refractivity contribution in [2.75, 3.05) is 26.5 Å². The van der Waals surface area contributed by atoms with E-state index in [4.69, 9.17) is 30.2 Å². The lowest BCUT2D eigenvalue weighted by molar-refractivity contribution is -0.133. The van der Waals surface area contributed by atoms with Gasteiger partial charge in [0.1, 0.15) is 12.1 Å². The molecule has 10 heteroatoms. The van der Waals surface area contributed by atoms with Crippen molar-refractivity contribution in [3.8, 4) is 11.5 Å². The molecule has 1 aromatic heterocycles. The Balaban J connectivity index is 1.22. The number of hydrogen-bond acceptors (Lipinski definition) is 7. The number of benzene rings is 4. The lowest BCUT2D eigenvalue weighted by Crippen LogP contribution is -2.45. The fourth-order valence-electron chi connectivity index (χ4n) is 6.05. The van der Waals surface area contributed by atoms with E-state index in [-0.39, 0.29) is 61.9 Å². The SMILES string of the molecule is O=C(CN(C[C@@H]1CCCO1)C(=O)c1cccc2ccccc12)N(Cc1ccc2c(c1)OCO2)Cc1coc2ccc(Cl)cc2c1=O. The summed E-state index contributed by atoms with van der Waals surface area (Å²) in [4.78, 5) is 45.1. The number of hydrogen-bond donors (Lipinski definition) is 0. The van der Waals surface area contributed by atoms with Crippen molar-refractivity contribution >= 4 is 45.2 Å². The molecule has 0 saturated carbocycles. The van der Waals surface area contributed by atoms with Crippen molar-refractivity contribution in [1.29, 1.82) is 0 Å². The smallest absolute Gasteiger partial charge is 0.255 e. The van der Waals surface area contributed by atoms with Crippen molar-refractivity contribution in [3.05, 3.63) is 117 Å². The van der Waals surface area contributed by atoms with Crippen LogP contribution < -0.4 is 14.9 Å². The van der Waals surface area contributed by atoms with Gasteiger partial charge in [0.2, 0.25) is 12.7 Å². The highest BCUT2D eigenvalue weighted by molar-refractivity contribution is 6.31. The Kier molecular flexibility index (Phi) is 8.34. The van der Waals surface area contributed by atoms with Crippen molar-refractivity contribution in [1.82, 2.24) is 9.80 Å². The molecular formula is C36H31ClN2O7. The summed E-state index contributed by atoms with van der Waals surface area (Å²) in [5.41, 5.74) is 1.69. The van der Waals surface area contributed by atoms with Crippen LogP contribution in [0.3, 0.4) is 0 Å². The molecular weight excluding hydrogens is 608 g/mol. The molecule has 9 nitrogen and oxygen atoms in total. The van der Waals surface area contributed by atoms with Crippen molar-refractivity contribution < 1.29 is 28.2 Å². The number of nitrogens with zero attached hydrogens (tertiary/aromatic N) is 2. The molecule has 2 aliphatic rings. The topological polar surface area (TPSA) is 98.5 Å². The Bertz CT molecular complexity index is 2000. The monoisotopic (exact) mass is 638 g/mol. The third-order valence-corrected chi connectivity index (χ3v) is 8.65. The van der Waals surface area contributed by atoms with Gasteiger partial charge in [-0.25, -0.2) is 0 Å². The second-order valence-electron chi connectivity index (χ2n) is 11.5. The molecule has 4 aromatic carbocycles. The van der Waals surface area contributed by atoms with Crippen LogP contribution in [0.5, 0.6) is 11.5 Å².